The van der Waals surface area contributed by atoms with Gasteiger partial charge in [0.05, 0.1) is 18.7 Å². The third-order valence-corrected chi connectivity index (χ3v) is 3.47. The van der Waals surface area contributed by atoms with Crippen molar-refractivity contribution in [1.29, 1.82) is 0 Å². The number of ether oxygens (including phenoxy) is 2. The van der Waals surface area contributed by atoms with Crippen molar-refractivity contribution in [3.05, 3.63) is 52.8 Å². The Morgan fingerprint density at radius 1 is 1.27 bits per heavy atom. The maximum absolute atomic E-state index is 6.24. The zero-order chi connectivity index (χ0) is 15.8. The molecule has 2 rings (SSSR count). The monoisotopic (exact) mass is 320 g/mol. The van der Waals surface area contributed by atoms with E-state index in [9.17, 15) is 0 Å². The first-order valence-corrected chi connectivity index (χ1v) is 7.72. The average Bonchev–Trinajstić information content (AvgIpc) is 2.53. The topological polar surface area (TPSA) is 43.4 Å². The number of hydrogen-bond donors (Lipinski definition) is 1. The molecule has 1 heterocycles. The predicted molar refractivity (Wildman–Crippen MR) is 88.8 cm³/mol. The Kier molecular flexibility index (Phi) is 6.49. The first kappa shape index (κ1) is 16.6. The normalized spacial score (nSPS) is 10.5. The van der Waals surface area contributed by atoms with Crippen molar-refractivity contribution in [2.24, 2.45) is 0 Å². The van der Waals surface area contributed by atoms with E-state index in [0.717, 1.165) is 30.8 Å². The molecule has 0 aliphatic heterocycles. The van der Waals surface area contributed by atoms with E-state index < -0.39 is 0 Å². The fraction of sp³-hybridized carbons (Fsp3) is 0.353. The van der Waals surface area contributed by atoms with Crippen LogP contribution in [0.1, 0.15) is 18.2 Å². The third-order valence-electron chi connectivity index (χ3n) is 3.19. The lowest BCUT2D eigenvalue weighted by molar-refractivity contribution is 0.310. The van der Waals surface area contributed by atoms with Gasteiger partial charge in [-0.25, -0.2) is 0 Å². The number of nitrogens with one attached hydrogen (secondary N) is 1. The highest BCUT2D eigenvalue weighted by atomic mass is 35.5. The van der Waals surface area contributed by atoms with E-state index in [1.54, 1.807) is 7.11 Å². The van der Waals surface area contributed by atoms with Crippen molar-refractivity contribution >= 4 is 11.6 Å². The molecule has 2 aromatic rings. The van der Waals surface area contributed by atoms with Gasteiger partial charge in [-0.1, -0.05) is 17.7 Å². The SMILES string of the molecule is CCOc1cc(CNCCc2ccccn2)cc(Cl)c1OC. The number of nitrogens with zero attached hydrogens (tertiary/aromatic N) is 1. The molecule has 0 aliphatic rings. The molecule has 1 N–H and O–H groups in total. The number of rotatable bonds is 8. The van der Waals surface area contributed by atoms with Gasteiger partial charge in [0.25, 0.3) is 0 Å². The Labute approximate surface area is 136 Å². The first-order valence-electron chi connectivity index (χ1n) is 7.34. The van der Waals surface area contributed by atoms with E-state index in [-0.39, 0.29) is 0 Å². The van der Waals surface area contributed by atoms with E-state index in [1.807, 2.05) is 43.5 Å². The number of halogens is 1. The third kappa shape index (κ3) is 4.61. The summed E-state index contributed by atoms with van der Waals surface area (Å²) in [6, 6.07) is 9.81. The minimum absolute atomic E-state index is 0.565. The van der Waals surface area contributed by atoms with Crippen LogP contribution < -0.4 is 14.8 Å². The van der Waals surface area contributed by atoms with Crippen LogP contribution in [0.4, 0.5) is 0 Å². The lowest BCUT2D eigenvalue weighted by atomic mass is 10.2. The van der Waals surface area contributed by atoms with Gasteiger partial charge in [0.2, 0.25) is 0 Å². The van der Waals surface area contributed by atoms with Gasteiger partial charge in [-0.3, -0.25) is 4.98 Å². The van der Waals surface area contributed by atoms with Gasteiger partial charge in [-0.2, -0.15) is 0 Å². The van der Waals surface area contributed by atoms with Gasteiger partial charge in [0.1, 0.15) is 0 Å². The van der Waals surface area contributed by atoms with Gasteiger partial charge in [-0.15, -0.1) is 0 Å². The van der Waals surface area contributed by atoms with Crippen LogP contribution in [0.3, 0.4) is 0 Å². The molecule has 0 unspecified atom stereocenters. The summed E-state index contributed by atoms with van der Waals surface area (Å²) in [5.74, 6) is 1.26. The molecule has 0 radical (unpaired) electrons. The highest BCUT2D eigenvalue weighted by Gasteiger charge is 2.11. The van der Waals surface area contributed by atoms with Crippen molar-refractivity contribution in [1.82, 2.24) is 10.3 Å². The Bertz CT molecular complexity index is 591. The summed E-state index contributed by atoms with van der Waals surface area (Å²) < 4.78 is 10.9. The van der Waals surface area contributed by atoms with E-state index in [0.29, 0.717) is 23.1 Å². The first-order chi connectivity index (χ1) is 10.7. The molecule has 0 fully saturated rings. The molecule has 5 heteroatoms. The summed E-state index contributed by atoms with van der Waals surface area (Å²) in [7, 11) is 1.59. The van der Waals surface area contributed by atoms with Crippen molar-refractivity contribution in [3.63, 3.8) is 0 Å². The van der Waals surface area contributed by atoms with Crippen LogP contribution >= 0.6 is 11.6 Å². The molecule has 0 saturated carbocycles. The molecule has 1 aromatic heterocycles. The van der Waals surface area contributed by atoms with E-state index >= 15 is 0 Å². The largest absolute Gasteiger partial charge is 0.491 e. The van der Waals surface area contributed by atoms with Crippen molar-refractivity contribution in [2.75, 3.05) is 20.3 Å². The van der Waals surface area contributed by atoms with E-state index in [4.69, 9.17) is 21.1 Å². The Morgan fingerprint density at radius 3 is 2.82 bits per heavy atom. The van der Waals surface area contributed by atoms with Gasteiger partial charge >= 0.3 is 0 Å². The molecule has 0 bridgehead atoms. The smallest absolute Gasteiger partial charge is 0.179 e. The van der Waals surface area contributed by atoms with Crippen molar-refractivity contribution in [3.8, 4) is 11.5 Å². The zero-order valence-corrected chi connectivity index (χ0v) is 13.7. The lowest BCUT2D eigenvalue weighted by Gasteiger charge is -2.13. The van der Waals surface area contributed by atoms with Crippen LogP contribution in [-0.4, -0.2) is 25.2 Å². The van der Waals surface area contributed by atoms with Crippen LogP contribution in [0, 0.1) is 0 Å². The summed E-state index contributed by atoms with van der Waals surface area (Å²) in [5.41, 5.74) is 2.15. The summed E-state index contributed by atoms with van der Waals surface area (Å²) >= 11 is 6.24. The Balaban J connectivity index is 1.92. The lowest BCUT2D eigenvalue weighted by Crippen LogP contribution is -2.17. The summed E-state index contributed by atoms with van der Waals surface area (Å²) in [5, 5.41) is 3.95. The van der Waals surface area contributed by atoms with Gasteiger partial charge in [0, 0.05) is 31.4 Å². The van der Waals surface area contributed by atoms with Crippen LogP contribution in [0.25, 0.3) is 0 Å². The molecule has 0 aliphatic carbocycles. The van der Waals surface area contributed by atoms with Crippen molar-refractivity contribution in [2.45, 2.75) is 19.9 Å². The van der Waals surface area contributed by atoms with Crippen LogP contribution in [0.15, 0.2) is 36.5 Å². The predicted octanol–water partition coefficient (Wildman–Crippen LogP) is 3.47. The number of aromatic nitrogens is 1. The Morgan fingerprint density at radius 2 is 2.14 bits per heavy atom. The van der Waals surface area contributed by atoms with Crippen LogP contribution in [-0.2, 0) is 13.0 Å². The number of methoxy groups -OCH3 is 1. The second-order valence-electron chi connectivity index (χ2n) is 4.79. The molecule has 0 atom stereocenters. The van der Waals surface area contributed by atoms with Crippen LogP contribution in [0.5, 0.6) is 11.5 Å². The highest BCUT2D eigenvalue weighted by Crippen LogP contribution is 2.36. The van der Waals surface area contributed by atoms with E-state index in [2.05, 4.69) is 10.3 Å². The summed E-state index contributed by atoms with van der Waals surface area (Å²) in [4.78, 5) is 4.30. The number of hydrogen-bond acceptors (Lipinski definition) is 4. The molecule has 118 valence electrons. The number of benzene rings is 1. The minimum Gasteiger partial charge on any atom is -0.491 e. The molecule has 1 aromatic carbocycles. The second-order valence-corrected chi connectivity index (χ2v) is 5.20. The summed E-state index contributed by atoms with van der Waals surface area (Å²) in [6.45, 7) is 4.08. The van der Waals surface area contributed by atoms with Crippen molar-refractivity contribution < 1.29 is 9.47 Å². The average molecular weight is 321 g/mol. The molecular weight excluding hydrogens is 300 g/mol. The zero-order valence-electron chi connectivity index (χ0n) is 12.9. The highest BCUT2D eigenvalue weighted by molar-refractivity contribution is 6.32. The summed E-state index contributed by atoms with van der Waals surface area (Å²) in [6.07, 6.45) is 2.70. The second kappa shape index (κ2) is 8.61. The molecular formula is C17H21ClN2O2. The molecule has 4 nitrogen and oxygen atoms in total. The molecule has 0 amide bonds. The van der Waals surface area contributed by atoms with E-state index in [1.165, 1.54) is 0 Å². The van der Waals surface area contributed by atoms with Gasteiger partial charge < -0.3 is 14.8 Å². The van der Waals surface area contributed by atoms with Crippen LogP contribution in [0.2, 0.25) is 5.02 Å². The van der Waals surface area contributed by atoms with Gasteiger partial charge in [0.15, 0.2) is 11.5 Å². The molecule has 22 heavy (non-hydrogen) atoms. The Hall–Kier alpha value is -1.78. The fourth-order valence-electron chi connectivity index (χ4n) is 2.18. The maximum Gasteiger partial charge on any atom is 0.179 e. The maximum atomic E-state index is 6.24. The standard InChI is InChI=1S/C17H21ClN2O2/c1-3-22-16-11-13(10-15(18)17(16)21-2)12-19-9-7-14-6-4-5-8-20-14/h4-6,8,10-11,19H,3,7,9,12H2,1-2H3. The quantitative estimate of drug-likeness (QED) is 0.756. The molecule has 0 spiro atoms. The fourth-order valence-corrected chi connectivity index (χ4v) is 2.49. The van der Waals surface area contributed by atoms with Gasteiger partial charge in [-0.05, 0) is 36.8 Å². The minimum atomic E-state index is 0.565. The number of pyridine rings is 1. The molecule has 0 saturated heterocycles.